The first kappa shape index (κ1) is 26.9. The minimum atomic E-state index is -4.46. The molecule has 8 nitrogen and oxygen atoms in total. The third kappa shape index (κ3) is 7.91. The van der Waals surface area contributed by atoms with Crippen LogP contribution in [-0.4, -0.2) is 84.9 Å². The fourth-order valence-electron chi connectivity index (χ4n) is 4.28. The molecule has 1 aromatic rings. The Kier molecular flexibility index (Phi) is 8.96. The molecule has 1 saturated carbocycles. The number of anilines is 1. The van der Waals surface area contributed by atoms with Crippen LogP contribution in [0.25, 0.3) is 0 Å². The Morgan fingerprint density at radius 2 is 2.03 bits per heavy atom. The number of methoxy groups -OCH3 is 1. The van der Waals surface area contributed by atoms with Crippen LogP contribution in [0.4, 0.5) is 19.1 Å². The predicted molar refractivity (Wildman–Crippen MR) is 126 cm³/mol. The molecule has 0 bridgehead atoms. The molecular weight excluding hydrogens is 493 g/mol. The van der Waals surface area contributed by atoms with Crippen LogP contribution in [0, 0.1) is 5.92 Å². The van der Waals surface area contributed by atoms with E-state index in [2.05, 4.69) is 15.3 Å². The number of nitrogens with zero attached hydrogens (tertiary/aromatic N) is 3. The van der Waals surface area contributed by atoms with Crippen LogP contribution in [-0.2, 0) is 14.6 Å². The van der Waals surface area contributed by atoms with Gasteiger partial charge >= 0.3 is 6.18 Å². The normalized spacial score (nSPS) is 24.0. The van der Waals surface area contributed by atoms with Crippen molar-refractivity contribution in [3.8, 4) is 5.88 Å². The zero-order valence-electron chi connectivity index (χ0n) is 19.3. The fraction of sp³-hybridized carbons (Fsp3) is 0.762. The standard InChI is InChI=1S/C21H31F3N4O4S2/c1-14-12-28(8-9-32-14)19(33)17-11-25-20(27-18(17)31-2)26-16-5-3-15(4-6-16)13-34(29,30)10-7-21(22,23)24/h11,14-16H,3-10,12-13H2,1-2H3,(H,25,26,27). The van der Waals surface area contributed by atoms with Gasteiger partial charge in [-0.3, -0.25) is 0 Å². The minimum Gasteiger partial charge on any atom is -0.480 e. The van der Waals surface area contributed by atoms with Gasteiger partial charge in [0.25, 0.3) is 0 Å². The summed E-state index contributed by atoms with van der Waals surface area (Å²) in [5, 5.41) is 3.26. The average Bonchev–Trinajstić information content (AvgIpc) is 2.78. The lowest BCUT2D eigenvalue weighted by Crippen LogP contribution is -2.44. The van der Waals surface area contributed by atoms with Gasteiger partial charge in [0.2, 0.25) is 11.8 Å². The van der Waals surface area contributed by atoms with Gasteiger partial charge in [-0.05, 0) is 38.5 Å². The van der Waals surface area contributed by atoms with E-state index in [1.165, 1.54) is 7.11 Å². The largest absolute Gasteiger partial charge is 0.480 e. The number of morpholine rings is 1. The summed E-state index contributed by atoms with van der Waals surface area (Å²) in [5.41, 5.74) is 0.630. The summed E-state index contributed by atoms with van der Waals surface area (Å²) in [6.07, 6.45) is -1.47. The zero-order valence-corrected chi connectivity index (χ0v) is 20.9. The minimum absolute atomic E-state index is 0.0386. The number of sulfone groups is 1. The van der Waals surface area contributed by atoms with E-state index in [-0.39, 0.29) is 23.8 Å². The topological polar surface area (TPSA) is 93.6 Å². The van der Waals surface area contributed by atoms with Crippen molar-refractivity contribution in [2.24, 2.45) is 5.92 Å². The Balaban J connectivity index is 1.53. The van der Waals surface area contributed by atoms with Crippen molar-refractivity contribution in [1.29, 1.82) is 0 Å². The molecule has 1 N–H and O–H groups in total. The molecule has 0 aromatic carbocycles. The average molecular weight is 525 g/mol. The van der Waals surface area contributed by atoms with E-state index in [1.807, 2.05) is 11.8 Å². The van der Waals surface area contributed by atoms with Crippen LogP contribution in [0.2, 0.25) is 0 Å². The molecule has 2 aliphatic rings. The molecule has 3 rings (SSSR count). The molecule has 0 radical (unpaired) electrons. The molecule has 13 heteroatoms. The van der Waals surface area contributed by atoms with Crippen LogP contribution in [0.5, 0.6) is 5.88 Å². The molecule has 1 atom stereocenters. The highest BCUT2D eigenvalue weighted by Crippen LogP contribution is 2.29. The summed E-state index contributed by atoms with van der Waals surface area (Å²) in [6.45, 7) is 3.94. The Morgan fingerprint density at radius 1 is 1.32 bits per heavy atom. The van der Waals surface area contributed by atoms with Gasteiger partial charge in [0.05, 0.1) is 43.3 Å². The number of rotatable bonds is 8. The highest BCUT2D eigenvalue weighted by Gasteiger charge is 2.32. The van der Waals surface area contributed by atoms with Crippen molar-refractivity contribution >= 4 is 33.0 Å². The molecule has 1 saturated heterocycles. The number of hydrogen-bond acceptors (Lipinski definition) is 8. The van der Waals surface area contributed by atoms with Gasteiger partial charge in [0, 0.05) is 25.3 Å². The van der Waals surface area contributed by atoms with Gasteiger partial charge in [0.15, 0.2) is 9.84 Å². The number of ether oxygens (including phenoxy) is 2. The molecule has 192 valence electrons. The number of nitrogens with one attached hydrogen (secondary N) is 1. The van der Waals surface area contributed by atoms with Crippen LogP contribution in [0.3, 0.4) is 0 Å². The van der Waals surface area contributed by atoms with Crippen LogP contribution < -0.4 is 10.1 Å². The monoisotopic (exact) mass is 524 g/mol. The van der Waals surface area contributed by atoms with Crippen molar-refractivity contribution in [2.75, 3.05) is 43.6 Å². The predicted octanol–water partition coefficient (Wildman–Crippen LogP) is 3.22. The first-order valence-electron chi connectivity index (χ1n) is 11.3. The summed E-state index contributed by atoms with van der Waals surface area (Å²) in [7, 11) is -2.21. The smallest absolute Gasteiger partial charge is 0.390 e. The van der Waals surface area contributed by atoms with E-state index < -0.39 is 28.2 Å². The second kappa shape index (κ2) is 11.3. The van der Waals surface area contributed by atoms with E-state index >= 15 is 0 Å². The third-order valence-corrected chi connectivity index (χ3v) is 8.36. The van der Waals surface area contributed by atoms with Crippen LogP contribution in [0.15, 0.2) is 6.20 Å². The third-order valence-electron chi connectivity index (χ3n) is 6.07. The lowest BCUT2D eigenvalue weighted by atomic mass is 9.87. The molecule has 2 fully saturated rings. The van der Waals surface area contributed by atoms with E-state index in [1.54, 1.807) is 6.20 Å². The Bertz CT molecular complexity index is 954. The first-order valence-corrected chi connectivity index (χ1v) is 13.5. The Labute approximate surface area is 203 Å². The van der Waals surface area contributed by atoms with E-state index in [9.17, 15) is 21.6 Å². The van der Waals surface area contributed by atoms with Gasteiger partial charge in [-0.1, -0.05) is 12.2 Å². The molecule has 0 spiro atoms. The molecule has 2 heterocycles. The molecular formula is C21H31F3N4O4S2. The summed E-state index contributed by atoms with van der Waals surface area (Å²) < 4.78 is 72.1. The molecule has 0 amide bonds. The number of hydrogen-bond donors (Lipinski definition) is 1. The van der Waals surface area contributed by atoms with Crippen LogP contribution >= 0.6 is 12.2 Å². The summed E-state index contributed by atoms with van der Waals surface area (Å²) in [6, 6.07) is 0.0386. The molecule has 1 aromatic heterocycles. The van der Waals surface area contributed by atoms with E-state index in [0.29, 0.717) is 67.8 Å². The highest BCUT2D eigenvalue weighted by molar-refractivity contribution is 7.91. The van der Waals surface area contributed by atoms with Crippen molar-refractivity contribution in [3.05, 3.63) is 11.8 Å². The van der Waals surface area contributed by atoms with Crippen molar-refractivity contribution in [2.45, 2.75) is 57.3 Å². The second-order valence-electron chi connectivity index (χ2n) is 8.89. The van der Waals surface area contributed by atoms with Crippen molar-refractivity contribution in [1.82, 2.24) is 14.9 Å². The Morgan fingerprint density at radius 3 is 2.65 bits per heavy atom. The first-order chi connectivity index (χ1) is 16.0. The molecule has 1 aliphatic carbocycles. The number of aromatic nitrogens is 2. The van der Waals surface area contributed by atoms with Crippen LogP contribution in [0.1, 0.15) is 44.6 Å². The number of thiocarbonyl (C=S) groups is 1. The highest BCUT2D eigenvalue weighted by atomic mass is 32.2. The Hall–Kier alpha value is -1.73. The van der Waals surface area contributed by atoms with Gasteiger partial charge in [-0.25, -0.2) is 13.4 Å². The molecule has 34 heavy (non-hydrogen) atoms. The van der Waals surface area contributed by atoms with Crippen molar-refractivity contribution in [3.63, 3.8) is 0 Å². The summed E-state index contributed by atoms with van der Waals surface area (Å²) >= 11 is 5.63. The van der Waals surface area contributed by atoms with Crippen molar-refractivity contribution < 1.29 is 31.1 Å². The SMILES string of the molecule is COc1nc(NC2CCC(CS(=O)(=O)CCC(F)(F)F)CC2)ncc1C(=S)N1CCOC(C)C1. The van der Waals surface area contributed by atoms with E-state index in [4.69, 9.17) is 21.7 Å². The van der Waals surface area contributed by atoms with Gasteiger partial charge in [0.1, 0.15) is 4.99 Å². The number of alkyl halides is 3. The maximum absolute atomic E-state index is 12.3. The summed E-state index contributed by atoms with van der Waals surface area (Å²) in [4.78, 5) is 11.5. The fourth-order valence-corrected chi connectivity index (χ4v) is 6.35. The number of halogens is 3. The van der Waals surface area contributed by atoms with E-state index in [0.717, 1.165) is 0 Å². The lowest BCUT2D eigenvalue weighted by molar-refractivity contribution is -0.129. The quantitative estimate of drug-likeness (QED) is 0.515. The maximum Gasteiger partial charge on any atom is 0.390 e. The summed E-state index contributed by atoms with van der Waals surface area (Å²) in [5.74, 6) is -0.430. The van der Waals surface area contributed by atoms with Gasteiger partial charge < -0.3 is 19.7 Å². The molecule has 1 aliphatic heterocycles. The van der Waals surface area contributed by atoms with Gasteiger partial charge in [-0.15, -0.1) is 0 Å². The molecule has 1 unspecified atom stereocenters. The zero-order chi connectivity index (χ0) is 24.9. The maximum atomic E-state index is 12.3. The van der Waals surface area contributed by atoms with Gasteiger partial charge in [-0.2, -0.15) is 18.2 Å². The second-order valence-corrected chi connectivity index (χ2v) is 11.5. The lowest BCUT2D eigenvalue weighted by Gasteiger charge is -2.33.